The van der Waals surface area contributed by atoms with Crippen LogP contribution in [0.4, 0.5) is 0 Å². The van der Waals surface area contributed by atoms with Gasteiger partial charge in [0.05, 0.1) is 33.1 Å². The maximum absolute atomic E-state index is 5.75. The monoisotopic (exact) mass is 747 g/mol. The lowest BCUT2D eigenvalue weighted by molar-refractivity contribution is 1.18. The van der Waals surface area contributed by atoms with Crippen molar-refractivity contribution in [3.63, 3.8) is 0 Å². The summed E-state index contributed by atoms with van der Waals surface area (Å²) in [6.45, 7) is 0. The molecule has 0 spiro atoms. The molecule has 0 aliphatic heterocycles. The number of benzene rings is 9. The Morgan fingerprint density at radius 2 is 0.898 bits per heavy atom. The molecule has 270 valence electrons. The highest BCUT2D eigenvalue weighted by atomic mass is 15.1. The van der Waals surface area contributed by atoms with Crippen molar-refractivity contribution in [2.75, 3.05) is 0 Å². The molecule has 15 rings (SSSR count). The zero-order chi connectivity index (χ0) is 38.1. The van der Waals surface area contributed by atoms with Gasteiger partial charge in [-0.1, -0.05) is 127 Å². The summed E-state index contributed by atoms with van der Waals surface area (Å²) in [5.74, 6) is 0. The molecule has 0 radical (unpaired) electrons. The highest BCUT2D eigenvalue weighted by molar-refractivity contribution is 6.34. The van der Waals surface area contributed by atoms with Gasteiger partial charge < -0.3 is 4.57 Å². The van der Waals surface area contributed by atoms with E-state index >= 15 is 0 Å². The summed E-state index contributed by atoms with van der Waals surface area (Å²) in [6, 6.07) is 64.2. The second-order valence-electron chi connectivity index (χ2n) is 16.1. The van der Waals surface area contributed by atoms with Crippen LogP contribution in [0, 0.1) is 0 Å². The molecule has 0 saturated heterocycles. The van der Waals surface area contributed by atoms with Crippen LogP contribution in [0.2, 0.25) is 0 Å². The first-order chi connectivity index (χ1) is 29.3. The van der Waals surface area contributed by atoms with Gasteiger partial charge in [-0.05, 0) is 75.6 Å². The van der Waals surface area contributed by atoms with E-state index in [9.17, 15) is 0 Å². The molecule has 0 aliphatic rings. The van der Waals surface area contributed by atoms with E-state index in [2.05, 4.69) is 189 Å². The van der Waals surface area contributed by atoms with Gasteiger partial charge in [0.2, 0.25) is 0 Å². The minimum atomic E-state index is 0.889. The van der Waals surface area contributed by atoms with Gasteiger partial charge in [-0.15, -0.1) is 0 Å². The molecular formula is C54H29N5. The maximum Gasteiger partial charge on any atom is 0.165 e. The number of fused-ring (bicyclic) bond motifs is 19. The second kappa shape index (κ2) is 10.5. The second-order valence-corrected chi connectivity index (χ2v) is 16.1. The molecule has 0 atom stereocenters. The Bertz CT molecular complexity index is 4300. The number of hydrogen-bond acceptors (Lipinski definition) is 2. The van der Waals surface area contributed by atoms with E-state index < -0.39 is 0 Å². The summed E-state index contributed by atoms with van der Waals surface area (Å²) in [5, 5.41) is 14.6. The molecule has 9 aromatic carbocycles. The highest BCUT2D eigenvalue weighted by Crippen LogP contribution is 2.48. The van der Waals surface area contributed by atoms with E-state index in [1.54, 1.807) is 0 Å². The van der Waals surface area contributed by atoms with Crippen LogP contribution in [0.25, 0.3) is 137 Å². The molecular weight excluding hydrogens is 719 g/mol. The van der Waals surface area contributed by atoms with Crippen LogP contribution >= 0.6 is 0 Å². The summed E-state index contributed by atoms with van der Waals surface area (Å²) in [7, 11) is 0. The molecule has 6 heterocycles. The topological polar surface area (TPSA) is 39.5 Å². The third kappa shape index (κ3) is 3.59. The largest absolute Gasteiger partial charge is 0.309 e. The first-order valence-electron chi connectivity index (χ1n) is 20.3. The first kappa shape index (κ1) is 30.2. The van der Waals surface area contributed by atoms with Gasteiger partial charge in [0, 0.05) is 54.3 Å². The van der Waals surface area contributed by atoms with Crippen molar-refractivity contribution >= 4 is 120 Å². The van der Waals surface area contributed by atoms with Gasteiger partial charge in [0.1, 0.15) is 11.0 Å². The molecule has 5 nitrogen and oxygen atoms in total. The Kier molecular flexibility index (Phi) is 5.36. The van der Waals surface area contributed by atoms with Crippen molar-refractivity contribution in [1.82, 2.24) is 23.3 Å². The molecule has 0 bridgehead atoms. The Morgan fingerprint density at radius 1 is 0.339 bits per heavy atom. The highest BCUT2D eigenvalue weighted by Gasteiger charge is 2.27. The van der Waals surface area contributed by atoms with E-state index in [1.165, 1.54) is 87.1 Å². The van der Waals surface area contributed by atoms with Crippen molar-refractivity contribution in [2.24, 2.45) is 0 Å². The zero-order valence-corrected chi connectivity index (χ0v) is 31.5. The van der Waals surface area contributed by atoms with E-state index in [0.29, 0.717) is 0 Å². The minimum Gasteiger partial charge on any atom is -0.309 e. The summed E-state index contributed by atoms with van der Waals surface area (Å²) < 4.78 is 7.19. The molecule has 6 aromatic heterocycles. The predicted molar refractivity (Wildman–Crippen MR) is 246 cm³/mol. The summed E-state index contributed by atoms with van der Waals surface area (Å²) in [6.07, 6.45) is 0. The first-order valence-corrected chi connectivity index (χ1v) is 20.3. The summed E-state index contributed by atoms with van der Waals surface area (Å²) >= 11 is 0. The molecule has 0 N–H and O–H groups in total. The average Bonchev–Trinajstić information content (AvgIpc) is 4.08. The van der Waals surface area contributed by atoms with Crippen LogP contribution < -0.4 is 0 Å². The van der Waals surface area contributed by atoms with Gasteiger partial charge in [-0.2, -0.15) is 0 Å². The molecule has 15 aromatic rings. The summed E-state index contributed by atoms with van der Waals surface area (Å²) in [5.41, 5.74) is 14.2. The molecule has 0 saturated carbocycles. The van der Waals surface area contributed by atoms with Crippen molar-refractivity contribution in [3.05, 3.63) is 176 Å². The normalized spacial score (nSPS) is 12.7. The van der Waals surface area contributed by atoms with Crippen LogP contribution in [0.5, 0.6) is 0 Å². The van der Waals surface area contributed by atoms with Crippen molar-refractivity contribution < 1.29 is 0 Å². The molecule has 0 aliphatic carbocycles. The SMILES string of the molecule is c1ccc(-n2c3ccccc3c3cc(-c4cccc5c6c7ccccc7cc7c8nc9c(nc8n(c45)c76)c4cc5ccccc5c5c6ccccc6n9c45)ccc32)cc1. The molecule has 0 amide bonds. The van der Waals surface area contributed by atoms with Gasteiger partial charge in [-0.3, -0.25) is 8.80 Å². The van der Waals surface area contributed by atoms with Crippen LogP contribution in [0.3, 0.4) is 0 Å². The van der Waals surface area contributed by atoms with Crippen LogP contribution in [0.1, 0.15) is 0 Å². The van der Waals surface area contributed by atoms with E-state index in [1.807, 2.05) is 0 Å². The zero-order valence-electron chi connectivity index (χ0n) is 31.5. The van der Waals surface area contributed by atoms with Gasteiger partial charge in [0.15, 0.2) is 11.3 Å². The fourth-order valence-corrected chi connectivity index (χ4v) is 10.9. The number of aromatic nitrogens is 5. The van der Waals surface area contributed by atoms with Crippen LogP contribution in [-0.2, 0) is 0 Å². The number of para-hydroxylation sites is 4. The van der Waals surface area contributed by atoms with Crippen molar-refractivity contribution in [1.29, 1.82) is 0 Å². The third-order valence-corrected chi connectivity index (χ3v) is 13.2. The van der Waals surface area contributed by atoms with Crippen molar-refractivity contribution in [2.45, 2.75) is 0 Å². The van der Waals surface area contributed by atoms with Crippen molar-refractivity contribution in [3.8, 4) is 16.8 Å². The third-order valence-electron chi connectivity index (χ3n) is 13.2. The standard InChI is InChI=1S/C54H29N5/c1-2-15-33(16-3-1)57-43-23-10-8-19-37(43)40-27-32(25-26-45(40)57)36-21-12-22-39-47-35-18-7-5-14-31(35)29-42-49-54(59(50(36)39)52(42)47)56-48-41-28-30-13-4-6-17-34(30)46-38-20-9-11-24-44(38)58(51(41)46)53(48)55-49/h1-29H. The number of nitrogens with zero attached hydrogens (tertiary/aromatic N) is 5. The average molecular weight is 748 g/mol. The van der Waals surface area contributed by atoms with E-state index in [-0.39, 0.29) is 0 Å². The fourth-order valence-electron chi connectivity index (χ4n) is 10.9. The van der Waals surface area contributed by atoms with E-state index in [0.717, 1.165) is 49.8 Å². The quantitative estimate of drug-likeness (QED) is 0.177. The Hall–Kier alpha value is -8.02. The number of hydrogen-bond donors (Lipinski definition) is 0. The van der Waals surface area contributed by atoms with E-state index in [4.69, 9.17) is 9.97 Å². The summed E-state index contributed by atoms with van der Waals surface area (Å²) in [4.78, 5) is 11.4. The smallest absolute Gasteiger partial charge is 0.165 e. The predicted octanol–water partition coefficient (Wildman–Crippen LogP) is 13.8. The molecule has 59 heavy (non-hydrogen) atoms. The molecule has 0 unspecified atom stereocenters. The maximum atomic E-state index is 5.75. The lowest BCUT2D eigenvalue weighted by Crippen LogP contribution is -1.93. The van der Waals surface area contributed by atoms with Gasteiger partial charge >= 0.3 is 0 Å². The Morgan fingerprint density at radius 3 is 1.64 bits per heavy atom. The Labute approximate surface area is 334 Å². The Balaban J connectivity index is 1.12. The van der Waals surface area contributed by atoms with Crippen LogP contribution in [-0.4, -0.2) is 23.3 Å². The van der Waals surface area contributed by atoms with Gasteiger partial charge in [-0.25, -0.2) is 9.97 Å². The lowest BCUT2D eigenvalue weighted by Gasteiger charge is -2.09. The minimum absolute atomic E-state index is 0.889. The lowest BCUT2D eigenvalue weighted by atomic mass is 9.97. The fraction of sp³-hybridized carbons (Fsp3) is 0. The van der Waals surface area contributed by atoms with Crippen LogP contribution in [0.15, 0.2) is 176 Å². The molecule has 0 fully saturated rings. The number of rotatable bonds is 2. The van der Waals surface area contributed by atoms with Gasteiger partial charge in [0.25, 0.3) is 0 Å². The molecule has 5 heteroatoms.